The molecule has 0 saturated carbocycles. The van der Waals surface area contributed by atoms with Crippen molar-refractivity contribution >= 4 is 22.5 Å². The van der Waals surface area contributed by atoms with Gasteiger partial charge in [0.2, 0.25) is 0 Å². The van der Waals surface area contributed by atoms with Gasteiger partial charge in [-0.1, -0.05) is 88.4 Å². The number of hydrogen-bond acceptors (Lipinski definition) is 2. The summed E-state index contributed by atoms with van der Waals surface area (Å²) in [4.78, 5) is 4.95. The standard InChI is InChI=1S/C32H40N2/c1-24(2)17-20-33-21-19-27(29-13-6-8-15-31(29)33)11-10-12-28-23-26(5)34(22-18-25(3)4)32-16-9-7-14-30(28)32/h6-16,19,21,23-26H,17-18,20,22H2,1-5H3/b12-10+,27-11+. The number of rotatable bonds is 8. The zero-order valence-electron chi connectivity index (χ0n) is 21.5. The molecule has 0 spiro atoms. The Hall–Kier alpha value is -3.00. The van der Waals surface area contributed by atoms with Crippen LogP contribution < -0.4 is 9.80 Å². The highest BCUT2D eigenvalue weighted by Crippen LogP contribution is 2.36. The molecule has 0 saturated heterocycles. The van der Waals surface area contributed by atoms with Gasteiger partial charge < -0.3 is 9.80 Å². The van der Waals surface area contributed by atoms with Gasteiger partial charge in [0.25, 0.3) is 0 Å². The van der Waals surface area contributed by atoms with Crippen molar-refractivity contribution in [1.29, 1.82) is 0 Å². The number of hydrogen-bond donors (Lipinski definition) is 0. The van der Waals surface area contributed by atoms with Gasteiger partial charge in [0.15, 0.2) is 0 Å². The van der Waals surface area contributed by atoms with Crippen molar-refractivity contribution in [2.24, 2.45) is 11.8 Å². The van der Waals surface area contributed by atoms with E-state index in [0.717, 1.165) is 13.1 Å². The summed E-state index contributed by atoms with van der Waals surface area (Å²) in [7, 11) is 0. The molecule has 0 fully saturated rings. The maximum atomic E-state index is 2.55. The van der Waals surface area contributed by atoms with Gasteiger partial charge in [-0.3, -0.25) is 0 Å². The number of anilines is 2. The maximum absolute atomic E-state index is 2.55. The lowest BCUT2D eigenvalue weighted by molar-refractivity contribution is 0.560. The van der Waals surface area contributed by atoms with E-state index in [-0.39, 0.29) is 0 Å². The molecule has 4 rings (SSSR count). The fourth-order valence-corrected chi connectivity index (χ4v) is 4.80. The summed E-state index contributed by atoms with van der Waals surface area (Å²) in [5.74, 6) is 1.42. The minimum absolute atomic E-state index is 0.394. The largest absolute Gasteiger partial charge is 0.365 e. The molecule has 2 heteroatoms. The zero-order valence-corrected chi connectivity index (χ0v) is 21.5. The Balaban J connectivity index is 1.57. The normalized spacial score (nSPS) is 18.7. The first-order valence-corrected chi connectivity index (χ1v) is 12.9. The summed E-state index contributed by atoms with van der Waals surface area (Å²) >= 11 is 0. The van der Waals surface area contributed by atoms with Gasteiger partial charge >= 0.3 is 0 Å². The quantitative estimate of drug-likeness (QED) is 0.397. The van der Waals surface area contributed by atoms with E-state index in [4.69, 9.17) is 0 Å². The maximum Gasteiger partial charge on any atom is 0.0485 e. The van der Waals surface area contributed by atoms with Crippen LogP contribution in [0, 0.1) is 11.8 Å². The number of allylic oxidation sites excluding steroid dienone is 6. The molecular weight excluding hydrogens is 412 g/mol. The predicted molar refractivity (Wildman–Crippen MR) is 150 cm³/mol. The third kappa shape index (κ3) is 5.55. The highest BCUT2D eigenvalue weighted by Gasteiger charge is 2.22. The van der Waals surface area contributed by atoms with Gasteiger partial charge in [-0.25, -0.2) is 0 Å². The smallest absolute Gasteiger partial charge is 0.0485 e. The van der Waals surface area contributed by atoms with E-state index in [2.05, 4.69) is 130 Å². The molecule has 0 bridgehead atoms. The third-order valence-electron chi connectivity index (χ3n) is 6.84. The van der Waals surface area contributed by atoms with Crippen molar-refractivity contribution in [1.82, 2.24) is 0 Å². The van der Waals surface area contributed by atoms with Crippen LogP contribution in [-0.4, -0.2) is 19.1 Å². The van der Waals surface area contributed by atoms with Crippen molar-refractivity contribution in [2.45, 2.75) is 53.5 Å². The van der Waals surface area contributed by atoms with E-state index in [1.54, 1.807) is 0 Å². The average Bonchev–Trinajstić information content (AvgIpc) is 2.82. The second kappa shape index (κ2) is 11.0. The lowest BCUT2D eigenvalue weighted by Crippen LogP contribution is -2.36. The SMILES string of the molecule is CC(C)CCN1C=C/C(=C\C=C\C2=CC(C)N(CCC(C)C)c3ccccc32)c2ccccc21. The molecule has 2 aliphatic rings. The molecule has 2 nitrogen and oxygen atoms in total. The van der Waals surface area contributed by atoms with Crippen LogP contribution in [0.3, 0.4) is 0 Å². The van der Waals surface area contributed by atoms with Crippen LogP contribution in [0.5, 0.6) is 0 Å². The van der Waals surface area contributed by atoms with Crippen molar-refractivity contribution in [3.63, 3.8) is 0 Å². The minimum atomic E-state index is 0.394. The van der Waals surface area contributed by atoms with Crippen molar-refractivity contribution in [3.8, 4) is 0 Å². The summed E-state index contributed by atoms with van der Waals surface area (Å²) in [6.45, 7) is 13.7. The van der Waals surface area contributed by atoms with E-state index < -0.39 is 0 Å². The molecular formula is C32H40N2. The molecule has 2 aromatic rings. The monoisotopic (exact) mass is 452 g/mol. The minimum Gasteiger partial charge on any atom is -0.365 e. The highest BCUT2D eigenvalue weighted by atomic mass is 15.2. The van der Waals surface area contributed by atoms with Crippen molar-refractivity contribution in [3.05, 3.63) is 96.2 Å². The highest BCUT2D eigenvalue weighted by molar-refractivity contribution is 5.89. The Morgan fingerprint density at radius 2 is 1.47 bits per heavy atom. The summed E-state index contributed by atoms with van der Waals surface area (Å²) in [5.41, 5.74) is 7.88. The molecule has 2 aromatic carbocycles. The first-order chi connectivity index (χ1) is 16.4. The average molecular weight is 453 g/mol. The second-order valence-electron chi connectivity index (χ2n) is 10.4. The van der Waals surface area contributed by atoms with E-state index in [9.17, 15) is 0 Å². The Morgan fingerprint density at radius 1 is 0.824 bits per heavy atom. The molecule has 1 unspecified atom stereocenters. The summed E-state index contributed by atoms with van der Waals surface area (Å²) in [5, 5.41) is 0. The Morgan fingerprint density at radius 3 is 2.21 bits per heavy atom. The molecule has 0 radical (unpaired) electrons. The number of benzene rings is 2. The van der Waals surface area contributed by atoms with Crippen LogP contribution in [0.2, 0.25) is 0 Å². The molecule has 0 N–H and O–H groups in total. The van der Waals surface area contributed by atoms with Gasteiger partial charge in [0.05, 0.1) is 0 Å². The molecule has 0 aromatic heterocycles. The number of fused-ring (bicyclic) bond motifs is 2. The lowest BCUT2D eigenvalue weighted by Gasteiger charge is -2.36. The second-order valence-corrected chi connectivity index (χ2v) is 10.4. The Bertz CT molecular complexity index is 1100. The van der Waals surface area contributed by atoms with Gasteiger partial charge in [-0.2, -0.15) is 0 Å². The van der Waals surface area contributed by atoms with Crippen molar-refractivity contribution in [2.75, 3.05) is 22.9 Å². The summed E-state index contributed by atoms with van der Waals surface area (Å²) in [6.07, 6.45) is 16.1. The topological polar surface area (TPSA) is 6.48 Å². The first kappa shape index (κ1) is 24.1. The first-order valence-electron chi connectivity index (χ1n) is 12.9. The van der Waals surface area contributed by atoms with Gasteiger partial charge in [-0.05, 0) is 61.0 Å². The summed E-state index contributed by atoms with van der Waals surface area (Å²) < 4.78 is 0. The lowest BCUT2D eigenvalue weighted by atomic mass is 9.94. The van der Waals surface area contributed by atoms with Crippen LogP contribution in [0.1, 0.15) is 58.6 Å². The number of para-hydroxylation sites is 2. The van der Waals surface area contributed by atoms with Crippen LogP contribution in [0.25, 0.3) is 11.1 Å². The Labute approximate surface area is 207 Å². The van der Waals surface area contributed by atoms with Crippen LogP contribution in [0.15, 0.2) is 85.1 Å². The fraction of sp³-hybridized carbons (Fsp3) is 0.375. The van der Waals surface area contributed by atoms with E-state index in [0.29, 0.717) is 17.9 Å². The molecule has 0 aliphatic carbocycles. The Kier molecular flexibility index (Phi) is 7.77. The van der Waals surface area contributed by atoms with E-state index in [1.807, 2.05) is 0 Å². The molecule has 1 atom stereocenters. The zero-order chi connectivity index (χ0) is 24.1. The molecule has 2 heterocycles. The van der Waals surface area contributed by atoms with Crippen LogP contribution in [-0.2, 0) is 0 Å². The van der Waals surface area contributed by atoms with Crippen LogP contribution >= 0.6 is 0 Å². The molecule has 0 amide bonds. The molecule has 2 aliphatic heterocycles. The number of nitrogens with zero attached hydrogens (tertiary/aromatic N) is 2. The molecule has 34 heavy (non-hydrogen) atoms. The fourth-order valence-electron chi connectivity index (χ4n) is 4.80. The summed E-state index contributed by atoms with van der Waals surface area (Å²) in [6, 6.07) is 18.0. The predicted octanol–water partition coefficient (Wildman–Crippen LogP) is 8.34. The van der Waals surface area contributed by atoms with E-state index in [1.165, 1.54) is 46.5 Å². The van der Waals surface area contributed by atoms with E-state index >= 15 is 0 Å². The van der Waals surface area contributed by atoms with Crippen LogP contribution in [0.4, 0.5) is 11.4 Å². The van der Waals surface area contributed by atoms with Gasteiger partial charge in [-0.15, -0.1) is 0 Å². The van der Waals surface area contributed by atoms with Crippen molar-refractivity contribution < 1.29 is 0 Å². The van der Waals surface area contributed by atoms with Gasteiger partial charge in [0, 0.05) is 47.8 Å². The molecule has 178 valence electrons. The van der Waals surface area contributed by atoms with Gasteiger partial charge in [0.1, 0.15) is 0 Å². The third-order valence-corrected chi connectivity index (χ3v) is 6.84.